The van der Waals surface area contributed by atoms with Crippen LogP contribution in [0.25, 0.3) is 0 Å². The number of rotatable bonds is 6. The molecule has 6 nitrogen and oxygen atoms in total. The lowest BCUT2D eigenvalue weighted by Gasteiger charge is -2.35. The molecule has 1 aromatic carbocycles. The maximum absolute atomic E-state index is 12.3. The minimum absolute atomic E-state index is 0.0656. The highest BCUT2D eigenvalue weighted by molar-refractivity contribution is 8.00. The SMILES string of the molecule is COc1cc2c(cc1OC)[C@@H](C)N(C(=O)CSCC(=O)[O-])CC2. The van der Waals surface area contributed by atoms with Crippen LogP contribution in [0.5, 0.6) is 11.5 Å². The van der Waals surface area contributed by atoms with E-state index >= 15 is 0 Å². The second-order valence-corrected chi connectivity index (χ2v) is 6.27. The zero-order valence-electron chi connectivity index (χ0n) is 13.5. The van der Waals surface area contributed by atoms with Crippen molar-refractivity contribution in [2.24, 2.45) is 0 Å². The molecular formula is C16H20NO5S-. The van der Waals surface area contributed by atoms with Crippen LogP contribution in [-0.4, -0.2) is 49.0 Å². The molecule has 0 unspecified atom stereocenters. The van der Waals surface area contributed by atoms with E-state index in [9.17, 15) is 14.7 Å². The molecule has 1 amide bonds. The fourth-order valence-electron chi connectivity index (χ4n) is 2.79. The van der Waals surface area contributed by atoms with Gasteiger partial charge in [-0.25, -0.2) is 0 Å². The van der Waals surface area contributed by atoms with Crippen LogP contribution in [0.3, 0.4) is 0 Å². The highest BCUT2D eigenvalue weighted by Gasteiger charge is 2.28. The average molecular weight is 338 g/mol. The highest BCUT2D eigenvalue weighted by atomic mass is 32.2. The molecule has 0 aliphatic carbocycles. The Bertz CT molecular complexity index is 604. The van der Waals surface area contributed by atoms with Crippen LogP contribution in [0.1, 0.15) is 24.1 Å². The first kappa shape index (κ1) is 17.5. The Hall–Kier alpha value is -1.89. The van der Waals surface area contributed by atoms with Gasteiger partial charge in [-0.3, -0.25) is 4.79 Å². The van der Waals surface area contributed by atoms with Crippen molar-refractivity contribution >= 4 is 23.6 Å². The fourth-order valence-corrected chi connectivity index (χ4v) is 3.40. The van der Waals surface area contributed by atoms with Crippen LogP contribution in [0.15, 0.2) is 12.1 Å². The summed E-state index contributed by atoms with van der Waals surface area (Å²) in [5.41, 5.74) is 2.17. The van der Waals surface area contributed by atoms with Gasteiger partial charge in [0.15, 0.2) is 11.5 Å². The molecule has 1 aromatic rings. The number of carboxylic acids is 1. The molecule has 23 heavy (non-hydrogen) atoms. The summed E-state index contributed by atoms with van der Waals surface area (Å²) in [6, 6.07) is 3.78. The number of carbonyl (C=O) groups excluding carboxylic acids is 2. The van der Waals surface area contributed by atoms with Gasteiger partial charge in [0.05, 0.1) is 32.0 Å². The molecule has 1 atom stereocenters. The maximum atomic E-state index is 12.3. The van der Waals surface area contributed by atoms with E-state index in [4.69, 9.17) is 9.47 Å². The maximum Gasteiger partial charge on any atom is 0.233 e. The summed E-state index contributed by atoms with van der Waals surface area (Å²) in [5, 5.41) is 10.4. The predicted octanol–water partition coefficient (Wildman–Crippen LogP) is 0.633. The third-order valence-corrected chi connectivity index (χ3v) is 4.84. The number of carboxylic acid groups (broad SMARTS) is 1. The summed E-state index contributed by atoms with van der Waals surface area (Å²) in [6.07, 6.45) is 0.733. The molecule has 1 aliphatic rings. The lowest BCUT2D eigenvalue weighted by molar-refractivity contribution is -0.301. The molecule has 0 saturated heterocycles. The third-order valence-electron chi connectivity index (χ3n) is 3.95. The van der Waals surface area contributed by atoms with E-state index in [1.54, 1.807) is 19.1 Å². The van der Waals surface area contributed by atoms with Crippen LogP contribution in [0.2, 0.25) is 0 Å². The molecule has 1 aliphatic heterocycles. The number of nitrogens with zero attached hydrogens (tertiary/aromatic N) is 1. The Balaban J connectivity index is 2.15. The largest absolute Gasteiger partial charge is 0.549 e. The molecule has 0 radical (unpaired) electrons. The number of hydrogen-bond acceptors (Lipinski definition) is 6. The normalized spacial score (nSPS) is 16.7. The van der Waals surface area contributed by atoms with Crippen LogP contribution < -0.4 is 14.6 Å². The molecule has 0 spiro atoms. The van der Waals surface area contributed by atoms with Crippen molar-refractivity contribution in [3.63, 3.8) is 0 Å². The van der Waals surface area contributed by atoms with E-state index in [1.807, 2.05) is 19.1 Å². The molecule has 0 aromatic heterocycles. The number of aliphatic carboxylic acids is 1. The Labute approximate surface area is 139 Å². The van der Waals surface area contributed by atoms with E-state index in [1.165, 1.54) is 0 Å². The van der Waals surface area contributed by atoms with Gasteiger partial charge in [-0.2, -0.15) is 0 Å². The van der Waals surface area contributed by atoms with Gasteiger partial charge >= 0.3 is 0 Å². The summed E-state index contributed by atoms with van der Waals surface area (Å²) >= 11 is 1.06. The van der Waals surface area contributed by atoms with E-state index in [0.717, 1.165) is 29.3 Å². The molecular weight excluding hydrogens is 318 g/mol. The number of benzene rings is 1. The van der Waals surface area contributed by atoms with Gasteiger partial charge in [-0.15, -0.1) is 11.8 Å². The Morgan fingerprint density at radius 1 is 1.26 bits per heavy atom. The smallest absolute Gasteiger partial charge is 0.233 e. The molecule has 1 heterocycles. The lowest BCUT2D eigenvalue weighted by Crippen LogP contribution is -2.40. The lowest BCUT2D eigenvalue weighted by atomic mass is 9.93. The number of methoxy groups -OCH3 is 2. The summed E-state index contributed by atoms with van der Waals surface area (Å²) < 4.78 is 10.6. The van der Waals surface area contributed by atoms with E-state index < -0.39 is 5.97 Å². The average Bonchev–Trinajstić information content (AvgIpc) is 2.53. The number of ether oxygens (including phenoxy) is 2. The van der Waals surface area contributed by atoms with Crippen molar-refractivity contribution in [3.05, 3.63) is 23.3 Å². The van der Waals surface area contributed by atoms with Crippen LogP contribution >= 0.6 is 11.8 Å². The number of fused-ring (bicyclic) bond motifs is 1. The van der Waals surface area contributed by atoms with Gasteiger partial charge in [0, 0.05) is 12.3 Å². The fraction of sp³-hybridized carbons (Fsp3) is 0.500. The zero-order chi connectivity index (χ0) is 17.0. The molecule has 7 heteroatoms. The summed E-state index contributed by atoms with van der Waals surface area (Å²) in [7, 11) is 3.18. The zero-order valence-corrected chi connectivity index (χ0v) is 14.3. The molecule has 0 saturated carbocycles. The Kier molecular flexibility index (Phi) is 5.76. The van der Waals surface area contributed by atoms with Crippen LogP contribution in [0, 0.1) is 0 Å². The third kappa shape index (κ3) is 3.90. The summed E-state index contributed by atoms with van der Waals surface area (Å²) in [4.78, 5) is 24.5. The molecule has 0 N–H and O–H groups in total. The number of amides is 1. The first-order valence-corrected chi connectivity index (χ1v) is 8.45. The van der Waals surface area contributed by atoms with Crippen molar-refractivity contribution in [3.8, 4) is 11.5 Å². The molecule has 0 bridgehead atoms. The minimum Gasteiger partial charge on any atom is -0.549 e. The quantitative estimate of drug-likeness (QED) is 0.757. The monoisotopic (exact) mass is 338 g/mol. The van der Waals surface area contributed by atoms with E-state index in [-0.39, 0.29) is 23.5 Å². The summed E-state index contributed by atoms with van der Waals surface area (Å²) in [6.45, 7) is 2.57. The second kappa shape index (κ2) is 7.59. The number of hydrogen-bond donors (Lipinski definition) is 0. The van der Waals surface area contributed by atoms with Gasteiger partial charge < -0.3 is 24.3 Å². The van der Waals surface area contributed by atoms with Crippen molar-refractivity contribution < 1.29 is 24.2 Å². The number of carbonyl (C=O) groups is 2. The first-order chi connectivity index (χ1) is 11.0. The van der Waals surface area contributed by atoms with Crippen LogP contribution in [0.4, 0.5) is 0 Å². The second-order valence-electron chi connectivity index (χ2n) is 5.28. The molecule has 0 fully saturated rings. The first-order valence-electron chi connectivity index (χ1n) is 7.29. The minimum atomic E-state index is -1.16. The van der Waals surface area contributed by atoms with Gasteiger partial charge in [0.2, 0.25) is 5.91 Å². The van der Waals surface area contributed by atoms with E-state index in [0.29, 0.717) is 18.0 Å². The van der Waals surface area contributed by atoms with Crippen molar-refractivity contribution in [2.45, 2.75) is 19.4 Å². The van der Waals surface area contributed by atoms with Crippen molar-refractivity contribution in [1.82, 2.24) is 4.90 Å². The van der Waals surface area contributed by atoms with Gasteiger partial charge in [0.1, 0.15) is 0 Å². The Morgan fingerprint density at radius 3 is 2.52 bits per heavy atom. The molecule has 2 rings (SSSR count). The standard InChI is InChI=1S/C16H21NO5S/c1-10-12-7-14(22-3)13(21-2)6-11(12)4-5-17(10)15(18)8-23-9-16(19)20/h6-7,10H,4-5,8-9H2,1-3H3,(H,19,20)/p-1/t10-/m1/s1. The molecule has 126 valence electrons. The summed E-state index contributed by atoms with van der Waals surface area (Å²) in [5.74, 6) is 0.0681. The highest BCUT2D eigenvalue weighted by Crippen LogP contribution is 2.37. The Morgan fingerprint density at radius 2 is 1.91 bits per heavy atom. The van der Waals surface area contributed by atoms with Gasteiger partial charge in [0.25, 0.3) is 0 Å². The van der Waals surface area contributed by atoms with Crippen molar-refractivity contribution in [2.75, 3.05) is 32.3 Å². The predicted molar refractivity (Wildman–Crippen MR) is 85.7 cm³/mol. The van der Waals surface area contributed by atoms with Gasteiger partial charge in [-0.05, 0) is 36.6 Å². The van der Waals surface area contributed by atoms with Crippen molar-refractivity contribution in [1.29, 1.82) is 0 Å². The van der Waals surface area contributed by atoms with Crippen LogP contribution in [-0.2, 0) is 16.0 Å². The number of thioether (sulfide) groups is 1. The topological polar surface area (TPSA) is 78.9 Å². The van der Waals surface area contributed by atoms with E-state index in [2.05, 4.69) is 0 Å². The van der Waals surface area contributed by atoms with Gasteiger partial charge in [-0.1, -0.05) is 0 Å².